The molecule has 1 saturated carbocycles. The lowest BCUT2D eigenvalue weighted by atomic mass is 9.79. The number of amides is 1. The Morgan fingerprint density at radius 1 is 1.30 bits per heavy atom. The minimum Gasteiger partial charge on any atom is -0.368 e. The number of carbonyl (C=O) groups excluding carboxylic acids is 1. The maximum Gasteiger partial charge on any atom is 0.234 e. The summed E-state index contributed by atoms with van der Waals surface area (Å²) in [6.45, 7) is 4.41. The van der Waals surface area contributed by atoms with Crippen LogP contribution >= 0.6 is 0 Å². The van der Waals surface area contributed by atoms with E-state index in [1.54, 1.807) is 0 Å². The fourth-order valence-corrected chi connectivity index (χ4v) is 4.00. The van der Waals surface area contributed by atoms with Gasteiger partial charge in [0.2, 0.25) is 5.91 Å². The number of primary amides is 1. The van der Waals surface area contributed by atoms with E-state index < -0.39 is 0 Å². The zero-order valence-electron chi connectivity index (χ0n) is 13.0. The molecule has 0 radical (unpaired) electrons. The average molecular weight is 278 g/mol. The van der Waals surface area contributed by atoms with Crippen molar-refractivity contribution in [2.75, 3.05) is 0 Å². The molecule has 2 aliphatic rings. The van der Waals surface area contributed by atoms with Crippen molar-refractivity contribution < 1.29 is 4.79 Å². The van der Waals surface area contributed by atoms with Crippen molar-refractivity contribution in [2.24, 2.45) is 17.6 Å². The summed E-state index contributed by atoms with van der Waals surface area (Å²) in [5.74, 6) is 0.767. The summed E-state index contributed by atoms with van der Waals surface area (Å²) in [6.07, 6.45) is 12.0. The first-order valence-electron chi connectivity index (χ1n) is 8.29. The van der Waals surface area contributed by atoms with Crippen molar-refractivity contribution in [1.29, 1.82) is 0 Å². The molecule has 2 aliphatic carbocycles. The van der Waals surface area contributed by atoms with Crippen LogP contribution in [0.4, 0.5) is 0 Å². The second-order valence-corrected chi connectivity index (χ2v) is 6.93. The largest absolute Gasteiger partial charge is 0.368 e. The molecule has 0 aromatic heterocycles. The Morgan fingerprint density at radius 3 is 2.50 bits per heavy atom. The molecule has 0 aromatic rings. The SMILES string of the molecule is CC1=CC(C)CC(C(NC2CCCCCC2)C(N)=O)C1. The minimum atomic E-state index is -0.166. The molecule has 3 heteroatoms. The van der Waals surface area contributed by atoms with E-state index in [1.165, 1.54) is 44.1 Å². The second kappa shape index (κ2) is 7.26. The van der Waals surface area contributed by atoms with Crippen LogP contribution < -0.4 is 11.1 Å². The molecular formula is C17H30N2O. The summed E-state index contributed by atoms with van der Waals surface area (Å²) in [4.78, 5) is 11.9. The minimum absolute atomic E-state index is 0.149. The summed E-state index contributed by atoms with van der Waals surface area (Å²) in [6, 6.07) is 0.334. The number of allylic oxidation sites excluding steroid dienone is 2. The highest BCUT2D eigenvalue weighted by Crippen LogP contribution is 2.31. The highest BCUT2D eigenvalue weighted by molar-refractivity contribution is 5.80. The van der Waals surface area contributed by atoms with E-state index >= 15 is 0 Å². The van der Waals surface area contributed by atoms with Crippen LogP contribution in [0.3, 0.4) is 0 Å². The van der Waals surface area contributed by atoms with Crippen LogP contribution in [0.1, 0.15) is 65.2 Å². The van der Waals surface area contributed by atoms with Crippen LogP contribution in [0, 0.1) is 11.8 Å². The van der Waals surface area contributed by atoms with Gasteiger partial charge in [0.25, 0.3) is 0 Å². The van der Waals surface area contributed by atoms with Crippen molar-refractivity contribution in [2.45, 2.75) is 77.3 Å². The zero-order valence-corrected chi connectivity index (χ0v) is 13.0. The van der Waals surface area contributed by atoms with E-state index in [0.717, 1.165) is 12.8 Å². The molecule has 3 N–H and O–H groups in total. The van der Waals surface area contributed by atoms with Crippen LogP contribution in [-0.2, 0) is 4.79 Å². The predicted octanol–water partition coefficient (Wildman–Crippen LogP) is 3.15. The van der Waals surface area contributed by atoms with Gasteiger partial charge in [-0.15, -0.1) is 0 Å². The van der Waals surface area contributed by atoms with Crippen LogP contribution in [0.2, 0.25) is 0 Å². The predicted molar refractivity (Wildman–Crippen MR) is 83.3 cm³/mol. The van der Waals surface area contributed by atoms with Gasteiger partial charge < -0.3 is 11.1 Å². The number of nitrogens with one attached hydrogen (secondary N) is 1. The van der Waals surface area contributed by atoms with Gasteiger partial charge in [-0.3, -0.25) is 4.79 Å². The van der Waals surface area contributed by atoms with Crippen molar-refractivity contribution >= 4 is 5.91 Å². The lowest BCUT2D eigenvalue weighted by Gasteiger charge is -2.33. The van der Waals surface area contributed by atoms with Gasteiger partial charge in [0.1, 0.15) is 0 Å². The Morgan fingerprint density at radius 2 is 1.95 bits per heavy atom. The van der Waals surface area contributed by atoms with Gasteiger partial charge in [-0.25, -0.2) is 0 Å². The van der Waals surface area contributed by atoms with Gasteiger partial charge in [-0.05, 0) is 44.4 Å². The molecule has 0 bridgehead atoms. The summed E-state index contributed by atoms with van der Waals surface area (Å²) in [7, 11) is 0. The third kappa shape index (κ3) is 4.34. The third-order valence-electron chi connectivity index (χ3n) is 4.88. The van der Waals surface area contributed by atoms with Crippen molar-refractivity contribution in [3.8, 4) is 0 Å². The van der Waals surface area contributed by atoms with Gasteiger partial charge in [0.15, 0.2) is 0 Å². The lowest BCUT2D eigenvalue weighted by molar-refractivity contribution is -0.121. The maximum atomic E-state index is 11.9. The Bertz CT molecular complexity index is 356. The molecule has 0 saturated heterocycles. The zero-order chi connectivity index (χ0) is 14.5. The van der Waals surface area contributed by atoms with E-state index in [1.807, 2.05) is 0 Å². The Balaban J connectivity index is 1.99. The fraction of sp³-hybridized carbons (Fsp3) is 0.824. The van der Waals surface area contributed by atoms with Gasteiger partial charge in [-0.1, -0.05) is 44.3 Å². The van der Waals surface area contributed by atoms with Gasteiger partial charge in [0.05, 0.1) is 6.04 Å². The molecule has 0 aliphatic heterocycles. The molecule has 2 rings (SSSR count). The summed E-state index contributed by atoms with van der Waals surface area (Å²) < 4.78 is 0. The average Bonchev–Trinajstić information content (AvgIpc) is 2.62. The smallest absolute Gasteiger partial charge is 0.234 e. The Labute approximate surface area is 123 Å². The van der Waals surface area contributed by atoms with Crippen LogP contribution in [0.15, 0.2) is 11.6 Å². The van der Waals surface area contributed by atoms with Crippen LogP contribution in [0.5, 0.6) is 0 Å². The molecular weight excluding hydrogens is 248 g/mol. The first-order chi connectivity index (χ1) is 9.56. The number of rotatable bonds is 4. The molecule has 1 fully saturated rings. The van der Waals surface area contributed by atoms with E-state index in [9.17, 15) is 4.79 Å². The maximum absolute atomic E-state index is 11.9. The first-order valence-corrected chi connectivity index (χ1v) is 8.29. The van der Waals surface area contributed by atoms with E-state index in [2.05, 4.69) is 25.2 Å². The van der Waals surface area contributed by atoms with E-state index in [-0.39, 0.29) is 11.9 Å². The highest BCUT2D eigenvalue weighted by Gasteiger charge is 2.31. The molecule has 3 atom stereocenters. The second-order valence-electron chi connectivity index (χ2n) is 6.93. The highest BCUT2D eigenvalue weighted by atomic mass is 16.1. The monoisotopic (exact) mass is 278 g/mol. The number of carbonyl (C=O) groups is 1. The van der Waals surface area contributed by atoms with Crippen molar-refractivity contribution in [1.82, 2.24) is 5.32 Å². The van der Waals surface area contributed by atoms with Gasteiger partial charge in [0, 0.05) is 6.04 Å². The number of hydrogen-bond acceptors (Lipinski definition) is 2. The molecule has 114 valence electrons. The molecule has 0 heterocycles. The summed E-state index contributed by atoms with van der Waals surface area (Å²) in [5, 5.41) is 3.60. The first kappa shape index (κ1) is 15.6. The number of nitrogens with two attached hydrogens (primary N) is 1. The van der Waals surface area contributed by atoms with Crippen LogP contribution in [0.25, 0.3) is 0 Å². The normalized spacial score (nSPS) is 30.4. The standard InChI is InChI=1S/C17H30N2O/c1-12-9-13(2)11-14(10-12)16(17(18)20)19-15-7-5-3-4-6-8-15/h9,12,14-16,19H,3-8,10-11H2,1-2H3,(H2,18,20). The van der Waals surface area contributed by atoms with Gasteiger partial charge >= 0.3 is 0 Å². The van der Waals surface area contributed by atoms with E-state index in [4.69, 9.17) is 5.73 Å². The Kier molecular flexibility index (Phi) is 5.64. The third-order valence-corrected chi connectivity index (χ3v) is 4.88. The molecule has 3 unspecified atom stereocenters. The molecule has 20 heavy (non-hydrogen) atoms. The molecule has 3 nitrogen and oxygen atoms in total. The topological polar surface area (TPSA) is 55.1 Å². The molecule has 0 spiro atoms. The quantitative estimate of drug-likeness (QED) is 0.613. The lowest BCUT2D eigenvalue weighted by Crippen LogP contribution is -2.51. The van der Waals surface area contributed by atoms with Crippen LogP contribution in [-0.4, -0.2) is 18.0 Å². The fourth-order valence-electron chi connectivity index (χ4n) is 4.00. The summed E-state index contributed by atoms with van der Waals surface area (Å²) in [5.41, 5.74) is 7.10. The number of hydrogen-bond donors (Lipinski definition) is 2. The Hall–Kier alpha value is -0.830. The molecule has 0 aromatic carbocycles. The molecule has 1 amide bonds. The van der Waals surface area contributed by atoms with E-state index in [0.29, 0.717) is 17.9 Å². The van der Waals surface area contributed by atoms with Crippen molar-refractivity contribution in [3.05, 3.63) is 11.6 Å². The summed E-state index contributed by atoms with van der Waals surface area (Å²) >= 11 is 0. The van der Waals surface area contributed by atoms with Gasteiger partial charge in [-0.2, -0.15) is 0 Å². The van der Waals surface area contributed by atoms with Crippen molar-refractivity contribution in [3.63, 3.8) is 0 Å².